The topological polar surface area (TPSA) is 194 Å². The second-order valence-corrected chi connectivity index (χ2v) is 13.4. The Morgan fingerprint density at radius 1 is 1.18 bits per heavy atom. The first-order valence-electron chi connectivity index (χ1n) is 16.9. The number of nitrogens with one attached hydrogen (secondary N) is 3. The molecule has 0 bridgehead atoms. The molecule has 0 unspecified atom stereocenters. The maximum Gasteiger partial charge on any atom is 0.257 e. The summed E-state index contributed by atoms with van der Waals surface area (Å²) in [7, 11) is 0. The van der Waals surface area contributed by atoms with Gasteiger partial charge in [-0.2, -0.15) is 10.8 Å². The van der Waals surface area contributed by atoms with Crippen molar-refractivity contribution in [2.75, 3.05) is 31.6 Å². The van der Waals surface area contributed by atoms with E-state index < -0.39 is 11.7 Å². The Balaban J connectivity index is 1.15. The first-order valence-corrected chi connectivity index (χ1v) is 16.9. The summed E-state index contributed by atoms with van der Waals surface area (Å²) in [6.45, 7) is 6.37. The van der Waals surface area contributed by atoms with Crippen molar-refractivity contribution >= 4 is 18.0 Å². The van der Waals surface area contributed by atoms with Crippen LogP contribution < -0.4 is 14.8 Å². The van der Waals surface area contributed by atoms with Crippen LogP contribution in [0.15, 0.2) is 42.0 Å². The molecule has 3 heterocycles. The van der Waals surface area contributed by atoms with Gasteiger partial charge < -0.3 is 24.6 Å². The van der Waals surface area contributed by atoms with Gasteiger partial charge in [0.25, 0.3) is 5.88 Å². The normalized spacial score (nSPS) is 23.5. The zero-order chi connectivity index (χ0) is 35.3. The van der Waals surface area contributed by atoms with Gasteiger partial charge in [0.1, 0.15) is 30.5 Å². The van der Waals surface area contributed by atoms with Crippen LogP contribution in [0.1, 0.15) is 64.0 Å². The molecule has 1 saturated heterocycles. The lowest BCUT2D eigenvalue weighted by Crippen LogP contribution is -2.51. The average molecular weight is 682 g/mol. The highest BCUT2D eigenvalue weighted by Gasteiger charge is 2.42. The molecule has 3 aliphatic rings. The Kier molecular flexibility index (Phi) is 10.6. The number of nitriles is 1. The first kappa shape index (κ1) is 34.8. The summed E-state index contributed by atoms with van der Waals surface area (Å²) >= 11 is 0. The van der Waals surface area contributed by atoms with E-state index >= 15 is 0 Å². The molecular formula is C35H43N11O4. The fraction of sp³-hybridized carbons (Fsp3) is 0.514. The second kappa shape index (κ2) is 15.2. The van der Waals surface area contributed by atoms with Gasteiger partial charge in [-0.05, 0) is 70.1 Å². The van der Waals surface area contributed by atoms with E-state index in [1.807, 2.05) is 10.9 Å². The highest BCUT2D eigenvalue weighted by molar-refractivity contribution is 5.67. The molecule has 15 nitrogen and oxygen atoms in total. The molecule has 50 heavy (non-hydrogen) atoms. The number of rotatable bonds is 14. The minimum Gasteiger partial charge on any atom is -0.474 e. The molecule has 3 fully saturated rings. The van der Waals surface area contributed by atoms with Gasteiger partial charge >= 0.3 is 0 Å². The quantitative estimate of drug-likeness (QED) is 0.0606. The summed E-state index contributed by atoms with van der Waals surface area (Å²) in [5, 5.41) is 39.7. The first-order chi connectivity index (χ1) is 24.2. The van der Waals surface area contributed by atoms with Crippen molar-refractivity contribution < 1.29 is 19.3 Å². The standard InChI is InChI=1S/C35H43N11O4/c1-4-30(19-45(22-37)43-38)50-32-13-25(5-6-26(32)14-36)27-15-39-34(40-16-27)41-31-20-46(42-33(31)48-21-35(47)11-12-35)29-9-7-28(8-10-29)44-17-23(2)49-24(3)18-44/h1,5-6,13,15-16,20,22-24,28-30,37-38,47H,7-12,17-19,21H2,2-3H3,(H,39,40,41)/t23-,24+,28?,29?,30-/m0/s1. The lowest BCUT2D eigenvalue weighted by molar-refractivity contribution is -0.0852. The van der Waals surface area contributed by atoms with E-state index in [1.54, 1.807) is 30.6 Å². The van der Waals surface area contributed by atoms with Crippen molar-refractivity contribution in [3.05, 3.63) is 42.4 Å². The Labute approximate surface area is 291 Å². The number of aliphatic hydroxyl groups is 1. The third-order valence-corrected chi connectivity index (χ3v) is 9.43. The van der Waals surface area contributed by atoms with Crippen LogP contribution in [0, 0.1) is 34.6 Å². The molecule has 1 aromatic carbocycles. The van der Waals surface area contributed by atoms with Crippen LogP contribution in [0.5, 0.6) is 11.6 Å². The van der Waals surface area contributed by atoms with E-state index in [4.69, 9.17) is 36.7 Å². The molecule has 0 radical (unpaired) electrons. The second-order valence-electron chi connectivity index (χ2n) is 13.4. The van der Waals surface area contributed by atoms with Crippen molar-refractivity contribution in [1.29, 1.82) is 16.2 Å². The Morgan fingerprint density at radius 2 is 1.88 bits per heavy atom. The van der Waals surface area contributed by atoms with Gasteiger partial charge in [-0.25, -0.2) is 15.0 Å². The van der Waals surface area contributed by atoms with Crippen molar-refractivity contribution in [2.24, 2.45) is 5.22 Å². The Morgan fingerprint density at radius 3 is 2.50 bits per heavy atom. The number of morpholine rings is 1. The van der Waals surface area contributed by atoms with Crippen molar-refractivity contribution in [3.63, 3.8) is 0 Å². The van der Waals surface area contributed by atoms with Crippen LogP contribution in [0.2, 0.25) is 0 Å². The lowest BCUT2D eigenvalue weighted by Gasteiger charge is -2.42. The molecule has 2 aliphatic carbocycles. The average Bonchev–Trinajstić information content (AvgIpc) is 3.74. The number of aromatic nitrogens is 4. The molecule has 262 valence electrons. The van der Waals surface area contributed by atoms with Crippen LogP contribution in [-0.4, -0.2) is 97.3 Å². The third-order valence-electron chi connectivity index (χ3n) is 9.43. The van der Waals surface area contributed by atoms with Crippen LogP contribution in [0.3, 0.4) is 0 Å². The van der Waals surface area contributed by atoms with E-state index in [9.17, 15) is 10.4 Å². The van der Waals surface area contributed by atoms with Gasteiger partial charge in [-0.1, -0.05) is 17.2 Å². The van der Waals surface area contributed by atoms with Crippen molar-refractivity contribution in [2.45, 2.75) is 88.4 Å². The predicted octanol–water partition coefficient (Wildman–Crippen LogP) is 4.69. The molecule has 1 aliphatic heterocycles. The van der Waals surface area contributed by atoms with Crippen LogP contribution in [0.4, 0.5) is 11.6 Å². The van der Waals surface area contributed by atoms with E-state index in [2.05, 4.69) is 51.2 Å². The molecule has 0 amide bonds. The number of ether oxygens (including phenoxy) is 3. The minimum atomic E-state index is -0.860. The van der Waals surface area contributed by atoms with Crippen LogP contribution in [0.25, 0.3) is 11.1 Å². The van der Waals surface area contributed by atoms with E-state index in [0.717, 1.165) is 50.1 Å². The number of terminal acetylenes is 1. The zero-order valence-corrected chi connectivity index (χ0v) is 28.3. The lowest BCUT2D eigenvalue weighted by atomic mass is 9.89. The molecule has 15 heteroatoms. The van der Waals surface area contributed by atoms with Crippen LogP contribution >= 0.6 is 0 Å². The summed E-state index contributed by atoms with van der Waals surface area (Å²) in [5.41, 5.74) is 8.62. The van der Waals surface area contributed by atoms with E-state index in [1.165, 1.54) is 0 Å². The van der Waals surface area contributed by atoms with Gasteiger partial charge in [0.2, 0.25) is 5.95 Å². The summed E-state index contributed by atoms with van der Waals surface area (Å²) < 4.78 is 19.9. The number of hydrogen-bond donors (Lipinski definition) is 4. The Hall–Kier alpha value is -5.09. The third kappa shape index (κ3) is 8.37. The number of hydrogen-bond acceptors (Lipinski definition) is 13. The summed E-state index contributed by atoms with van der Waals surface area (Å²) in [5.74, 6) is 3.45. The van der Waals surface area contributed by atoms with Gasteiger partial charge in [-0.15, -0.1) is 11.5 Å². The van der Waals surface area contributed by atoms with E-state index in [0.29, 0.717) is 47.5 Å². The maximum atomic E-state index is 10.5. The Bertz CT molecular complexity index is 1720. The van der Waals surface area contributed by atoms with Crippen molar-refractivity contribution in [3.8, 4) is 41.2 Å². The fourth-order valence-corrected chi connectivity index (χ4v) is 6.57. The van der Waals surface area contributed by atoms with Gasteiger partial charge in [0.15, 0.2) is 6.10 Å². The molecule has 3 atom stereocenters. The molecule has 2 saturated carbocycles. The molecule has 6 rings (SSSR count). The molecule has 0 spiro atoms. The number of anilines is 2. The monoisotopic (exact) mass is 681 g/mol. The summed E-state index contributed by atoms with van der Waals surface area (Å²) in [6.07, 6.45) is 16.9. The highest BCUT2D eigenvalue weighted by Crippen LogP contribution is 2.38. The molecule has 2 aromatic heterocycles. The van der Waals surface area contributed by atoms with Gasteiger partial charge in [0.05, 0.1) is 42.2 Å². The van der Waals surface area contributed by atoms with Crippen molar-refractivity contribution in [1.82, 2.24) is 29.7 Å². The highest BCUT2D eigenvalue weighted by atomic mass is 16.5. The molecule has 3 aromatic rings. The SMILES string of the molecule is C#C[C@@H](CN(C=N)N=N)Oc1cc(-c2cnc(Nc3cn(C4CCC(N5C[C@@H](C)O[C@@H](C)C5)CC4)nc3OCC3(O)CC3)nc2)ccc1C#N. The fourth-order valence-electron chi connectivity index (χ4n) is 6.57. The maximum absolute atomic E-state index is 10.5. The largest absolute Gasteiger partial charge is 0.474 e. The zero-order valence-electron chi connectivity index (χ0n) is 28.3. The molecule has 4 N–H and O–H groups in total. The summed E-state index contributed by atoms with van der Waals surface area (Å²) in [4.78, 5) is 11.7. The molecular weight excluding hydrogens is 638 g/mol. The van der Waals surface area contributed by atoms with E-state index in [-0.39, 0.29) is 42.7 Å². The predicted molar refractivity (Wildman–Crippen MR) is 184 cm³/mol. The number of benzene rings is 1. The van der Waals surface area contributed by atoms with Gasteiger partial charge in [0, 0.05) is 37.1 Å². The van der Waals surface area contributed by atoms with Gasteiger partial charge in [-0.3, -0.25) is 15.0 Å². The minimum absolute atomic E-state index is 0.0297. The number of nitrogens with zero attached hydrogens (tertiary/aromatic N) is 8. The van der Waals surface area contributed by atoms with Crippen LogP contribution in [-0.2, 0) is 4.74 Å². The smallest absolute Gasteiger partial charge is 0.257 e. The summed E-state index contributed by atoms with van der Waals surface area (Å²) in [6, 6.07) is 7.93.